The smallest absolute Gasteiger partial charge is 0.264 e. The van der Waals surface area contributed by atoms with Crippen molar-refractivity contribution in [3.05, 3.63) is 91.0 Å². The Hall–Kier alpha value is -4.15. The lowest BCUT2D eigenvalue weighted by Crippen LogP contribution is -2.37. The highest BCUT2D eigenvalue weighted by molar-refractivity contribution is 7.92. The first-order valence-electron chi connectivity index (χ1n) is 11.4. The third-order valence-corrected chi connectivity index (χ3v) is 6.80. The number of carbonyl (C=O) groups is 1. The van der Waals surface area contributed by atoms with Crippen LogP contribution in [0.1, 0.15) is 6.92 Å². The fraction of sp³-hybridized carbons (Fsp3) is 0.111. The van der Waals surface area contributed by atoms with Gasteiger partial charge >= 0.3 is 0 Å². The molecule has 37 heavy (non-hydrogen) atoms. The second kappa shape index (κ2) is 11.7. The Bertz CT molecular complexity index is 1500. The second-order valence-electron chi connectivity index (χ2n) is 7.86. The van der Waals surface area contributed by atoms with Gasteiger partial charge in [0.15, 0.2) is 11.7 Å². The van der Waals surface area contributed by atoms with Crippen LogP contribution in [0.3, 0.4) is 0 Å². The first-order chi connectivity index (χ1) is 17.8. The molecule has 4 rings (SSSR count). The maximum atomic E-state index is 12.7. The number of hydrogen-bond acceptors (Lipinski definition) is 6. The SMILES string of the molecule is CCOc1ccc(NS(=O)(=O)c2ccc(NC(=S)NC(=O)COc3cccc4ccccc34)cc2)cc1. The summed E-state index contributed by atoms with van der Waals surface area (Å²) < 4.78 is 39.0. The topological polar surface area (TPSA) is 106 Å². The molecule has 0 spiro atoms. The van der Waals surface area contributed by atoms with E-state index < -0.39 is 15.9 Å². The van der Waals surface area contributed by atoms with Crippen molar-refractivity contribution in [1.82, 2.24) is 5.32 Å². The van der Waals surface area contributed by atoms with Gasteiger partial charge in [-0.25, -0.2) is 8.42 Å². The number of benzene rings is 4. The number of hydrogen-bond donors (Lipinski definition) is 3. The Balaban J connectivity index is 1.29. The molecule has 0 saturated carbocycles. The minimum Gasteiger partial charge on any atom is -0.494 e. The first-order valence-corrected chi connectivity index (χ1v) is 13.3. The van der Waals surface area contributed by atoms with Crippen LogP contribution in [0.4, 0.5) is 11.4 Å². The number of sulfonamides is 1. The van der Waals surface area contributed by atoms with E-state index in [1.165, 1.54) is 12.1 Å². The zero-order valence-electron chi connectivity index (χ0n) is 19.9. The van der Waals surface area contributed by atoms with Gasteiger partial charge in [0.1, 0.15) is 11.5 Å². The number of ether oxygens (including phenoxy) is 2. The van der Waals surface area contributed by atoms with E-state index in [4.69, 9.17) is 21.7 Å². The quantitative estimate of drug-likeness (QED) is 0.261. The standard InChI is InChI=1S/C27H25N3O5S2/c1-2-34-22-14-10-21(11-15-22)30-37(32,33)23-16-12-20(13-17-23)28-27(36)29-26(31)18-35-25-9-5-7-19-6-3-4-8-24(19)25/h3-17,30H,2,18H2,1H3,(H2,28,29,31,36). The van der Waals surface area contributed by atoms with Gasteiger partial charge in [-0.2, -0.15) is 0 Å². The van der Waals surface area contributed by atoms with Crippen LogP contribution >= 0.6 is 12.2 Å². The molecular formula is C27H25N3O5S2. The fourth-order valence-electron chi connectivity index (χ4n) is 3.51. The van der Waals surface area contributed by atoms with Gasteiger partial charge in [0.2, 0.25) is 0 Å². The summed E-state index contributed by atoms with van der Waals surface area (Å²) in [6.45, 7) is 2.18. The number of amides is 1. The monoisotopic (exact) mass is 535 g/mol. The Morgan fingerprint density at radius 2 is 1.51 bits per heavy atom. The third-order valence-electron chi connectivity index (χ3n) is 5.20. The number of anilines is 2. The van der Waals surface area contributed by atoms with Gasteiger partial charge < -0.3 is 14.8 Å². The first kappa shape index (κ1) is 25.9. The average molecular weight is 536 g/mol. The maximum Gasteiger partial charge on any atom is 0.264 e. The molecule has 0 aromatic heterocycles. The molecule has 0 unspecified atom stereocenters. The molecule has 0 aliphatic heterocycles. The summed E-state index contributed by atoms with van der Waals surface area (Å²) >= 11 is 5.20. The van der Waals surface area contributed by atoms with Crippen molar-refractivity contribution in [2.45, 2.75) is 11.8 Å². The van der Waals surface area contributed by atoms with Gasteiger partial charge in [-0.1, -0.05) is 36.4 Å². The normalized spacial score (nSPS) is 10.9. The largest absolute Gasteiger partial charge is 0.494 e. The van der Waals surface area contributed by atoms with Crippen LogP contribution in [-0.2, 0) is 14.8 Å². The molecule has 0 fully saturated rings. The third kappa shape index (κ3) is 6.96. The average Bonchev–Trinajstić information content (AvgIpc) is 2.89. The van der Waals surface area contributed by atoms with Gasteiger partial charge in [-0.05, 0) is 79.1 Å². The molecule has 0 heterocycles. The van der Waals surface area contributed by atoms with Gasteiger partial charge in [0.05, 0.1) is 11.5 Å². The van der Waals surface area contributed by atoms with E-state index in [2.05, 4.69) is 15.4 Å². The van der Waals surface area contributed by atoms with E-state index in [0.717, 1.165) is 10.8 Å². The lowest BCUT2D eigenvalue weighted by Gasteiger charge is -2.12. The van der Waals surface area contributed by atoms with Gasteiger partial charge in [-0.15, -0.1) is 0 Å². The predicted octanol–water partition coefficient (Wildman–Crippen LogP) is 4.93. The molecule has 3 N–H and O–H groups in total. The fourth-order valence-corrected chi connectivity index (χ4v) is 4.80. The van der Waals surface area contributed by atoms with E-state index in [1.807, 2.05) is 43.3 Å². The van der Waals surface area contributed by atoms with E-state index >= 15 is 0 Å². The van der Waals surface area contributed by atoms with Crippen LogP contribution in [0.2, 0.25) is 0 Å². The highest BCUT2D eigenvalue weighted by Crippen LogP contribution is 2.25. The summed E-state index contributed by atoms with van der Waals surface area (Å²) in [5, 5.41) is 7.40. The molecule has 0 saturated heterocycles. The molecule has 0 radical (unpaired) electrons. The van der Waals surface area contributed by atoms with Crippen molar-refractivity contribution in [2.75, 3.05) is 23.3 Å². The van der Waals surface area contributed by atoms with E-state index in [0.29, 0.717) is 29.5 Å². The highest BCUT2D eigenvalue weighted by atomic mass is 32.2. The van der Waals surface area contributed by atoms with Gasteiger partial charge in [0.25, 0.3) is 15.9 Å². The molecule has 0 aliphatic carbocycles. The summed E-state index contributed by atoms with van der Waals surface area (Å²) in [6.07, 6.45) is 0. The van der Waals surface area contributed by atoms with Gasteiger partial charge in [0, 0.05) is 16.8 Å². The molecule has 0 bridgehead atoms. The van der Waals surface area contributed by atoms with Crippen molar-refractivity contribution in [3.63, 3.8) is 0 Å². The predicted molar refractivity (Wildman–Crippen MR) is 149 cm³/mol. The summed E-state index contributed by atoms with van der Waals surface area (Å²) in [4.78, 5) is 12.4. The zero-order chi connectivity index (χ0) is 26.3. The summed E-state index contributed by atoms with van der Waals surface area (Å²) in [7, 11) is -3.79. The van der Waals surface area contributed by atoms with E-state index in [-0.39, 0.29) is 16.6 Å². The van der Waals surface area contributed by atoms with Crippen molar-refractivity contribution in [3.8, 4) is 11.5 Å². The summed E-state index contributed by atoms with van der Waals surface area (Å²) in [5.41, 5.74) is 0.931. The molecule has 8 nitrogen and oxygen atoms in total. The number of fused-ring (bicyclic) bond motifs is 1. The van der Waals surface area contributed by atoms with Crippen LogP contribution in [0.5, 0.6) is 11.5 Å². The maximum absolute atomic E-state index is 12.7. The van der Waals surface area contributed by atoms with Crippen molar-refractivity contribution < 1.29 is 22.7 Å². The minimum absolute atomic E-state index is 0.0645. The molecule has 4 aromatic rings. The van der Waals surface area contributed by atoms with E-state index in [1.54, 1.807) is 42.5 Å². The minimum atomic E-state index is -3.79. The zero-order valence-corrected chi connectivity index (χ0v) is 21.6. The summed E-state index contributed by atoms with van der Waals surface area (Å²) in [6, 6.07) is 26.0. The van der Waals surface area contributed by atoms with Crippen LogP contribution < -0.4 is 24.8 Å². The van der Waals surface area contributed by atoms with Crippen molar-refractivity contribution in [2.24, 2.45) is 0 Å². The highest BCUT2D eigenvalue weighted by Gasteiger charge is 2.15. The Morgan fingerprint density at radius 1 is 0.838 bits per heavy atom. The Kier molecular flexibility index (Phi) is 8.22. The van der Waals surface area contributed by atoms with Crippen LogP contribution in [0.25, 0.3) is 10.8 Å². The number of carbonyl (C=O) groups excluding carboxylic acids is 1. The lowest BCUT2D eigenvalue weighted by molar-refractivity contribution is -0.121. The molecule has 10 heteroatoms. The van der Waals surface area contributed by atoms with Gasteiger partial charge in [-0.3, -0.25) is 14.8 Å². The molecule has 1 amide bonds. The van der Waals surface area contributed by atoms with Crippen LogP contribution in [-0.4, -0.2) is 32.7 Å². The molecule has 4 aromatic carbocycles. The van der Waals surface area contributed by atoms with Crippen LogP contribution in [0.15, 0.2) is 95.9 Å². The number of rotatable bonds is 9. The van der Waals surface area contributed by atoms with Crippen LogP contribution in [0, 0.1) is 0 Å². The molecule has 0 atom stereocenters. The molecule has 190 valence electrons. The Morgan fingerprint density at radius 3 is 2.24 bits per heavy atom. The molecular weight excluding hydrogens is 510 g/mol. The van der Waals surface area contributed by atoms with Crippen molar-refractivity contribution >= 4 is 55.4 Å². The second-order valence-corrected chi connectivity index (χ2v) is 9.95. The lowest BCUT2D eigenvalue weighted by atomic mass is 10.1. The number of thiocarbonyl (C=S) groups is 1. The Labute approximate surface area is 220 Å². The number of nitrogens with one attached hydrogen (secondary N) is 3. The van der Waals surface area contributed by atoms with Crippen molar-refractivity contribution in [1.29, 1.82) is 0 Å². The summed E-state index contributed by atoms with van der Waals surface area (Å²) in [5.74, 6) is 0.830. The van der Waals surface area contributed by atoms with E-state index in [9.17, 15) is 13.2 Å². The molecule has 0 aliphatic rings.